The summed E-state index contributed by atoms with van der Waals surface area (Å²) in [5.74, 6) is 1.82. The Bertz CT molecular complexity index is 465. The molecule has 1 heterocycles. The fourth-order valence-corrected chi connectivity index (χ4v) is 1.44. The highest BCUT2D eigenvalue weighted by Crippen LogP contribution is 2.21. The largest absolute Gasteiger partial charge is 0.497 e. The van der Waals surface area contributed by atoms with Gasteiger partial charge in [-0.2, -0.15) is 0 Å². The molecule has 1 aromatic carbocycles. The van der Waals surface area contributed by atoms with E-state index < -0.39 is 0 Å². The van der Waals surface area contributed by atoms with Crippen LogP contribution in [0.5, 0.6) is 5.75 Å². The summed E-state index contributed by atoms with van der Waals surface area (Å²) in [6, 6.07) is 7.41. The predicted molar refractivity (Wildman–Crippen MR) is 61.7 cm³/mol. The first-order valence-corrected chi connectivity index (χ1v) is 5.41. The highest BCUT2D eigenvalue weighted by atomic mass is 16.5. The average Bonchev–Trinajstić information content (AvgIpc) is 2.85. The second kappa shape index (κ2) is 5.45. The summed E-state index contributed by atoms with van der Waals surface area (Å²) in [5.41, 5.74) is 0.855. The van der Waals surface area contributed by atoms with Gasteiger partial charge in [-0.3, -0.25) is 0 Å². The van der Waals surface area contributed by atoms with Crippen molar-refractivity contribution in [3.05, 3.63) is 30.2 Å². The van der Waals surface area contributed by atoms with E-state index in [0.29, 0.717) is 24.6 Å². The van der Waals surface area contributed by atoms with Crippen LogP contribution in [0, 0.1) is 0 Å². The minimum atomic E-state index is 0.125. The molecule has 0 amide bonds. The Morgan fingerprint density at radius 3 is 2.65 bits per heavy atom. The van der Waals surface area contributed by atoms with E-state index in [0.717, 1.165) is 11.3 Å². The first-order valence-electron chi connectivity index (χ1n) is 5.41. The monoisotopic (exact) mass is 234 g/mol. The smallest absolute Gasteiger partial charge is 0.247 e. The molecule has 0 unspecified atom stereocenters. The summed E-state index contributed by atoms with van der Waals surface area (Å²) < 4.78 is 10.5. The van der Waals surface area contributed by atoms with Gasteiger partial charge < -0.3 is 14.3 Å². The fourth-order valence-electron chi connectivity index (χ4n) is 1.44. The van der Waals surface area contributed by atoms with Crippen LogP contribution in [-0.2, 0) is 6.42 Å². The lowest BCUT2D eigenvalue weighted by Crippen LogP contribution is -1.88. The van der Waals surface area contributed by atoms with E-state index in [9.17, 15) is 0 Å². The number of hydrogen-bond donors (Lipinski definition) is 1. The Labute approximate surface area is 99.1 Å². The van der Waals surface area contributed by atoms with Crippen LogP contribution >= 0.6 is 0 Å². The summed E-state index contributed by atoms with van der Waals surface area (Å²) in [6.45, 7) is 0.125. The summed E-state index contributed by atoms with van der Waals surface area (Å²) in [4.78, 5) is 0. The molecule has 5 nitrogen and oxygen atoms in total. The fraction of sp³-hybridized carbons (Fsp3) is 0.333. The Morgan fingerprint density at radius 2 is 2.00 bits per heavy atom. The van der Waals surface area contributed by atoms with Crippen molar-refractivity contribution in [2.75, 3.05) is 13.7 Å². The standard InChI is InChI=1S/C12H14N2O3/c1-16-10-6-4-9(5-7-10)12-14-13-11(17-12)3-2-8-15/h4-7,15H,2-3,8H2,1H3. The molecule has 0 radical (unpaired) electrons. The van der Waals surface area contributed by atoms with Crippen molar-refractivity contribution >= 4 is 0 Å². The van der Waals surface area contributed by atoms with Gasteiger partial charge in [-0.15, -0.1) is 10.2 Å². The SMILES string of the molecule is COc1ccc(-c2nnc(CCCO)o2)cc1. The Kier molecular flexibility index (Phi) is 3.72. The third kappa shape index (κ3) is 2.82. The van der Waals surface area contributed by atoms with E-state index in [1.54, 1.807) is 7.11 Å². The normalized spacial score (nSPS) is 10.5. The lowest BCUT2D eigenvalue weighted by Gasteiger charge is -1.99. The first-order chi connectivity index (χ1) is 8.33. The average molecular weight is 234 g/mol. The maximum Gasteiger partial charge on any atom is 0.247 e. The molecule has 0 fully saturated rings. The predicted octanol–water partition coefficient (Wildman–Crippen LogP) is 1.67. The Balaban J connectivity index is 2.12. The molecule has 1 aromatic heterocycles. The maximum absolute atomic E-state index is 8.71. The number of hydrogen-bond acceptors (Lipinski definition) is 5. The lowest BCUT2D eigenvalue weighted by atomic mass is 10.2. The van der Waals surface area contributed by atoms with E-state index in [2.05, 4.69) is 10.2 Å². The molecular formula is C12H14N2O3. The van der Waals surface area contributed by atoms with Crippen molar-refractivity contribution in [3.8, 4) is 17.2 Å². The molecule has 2 rings (SSSR count). The van der Waals surface area contributed by atoms with Crippen LogP contribution in [0.4, 0.5) is 0 Å². The van der Waals surface area contributed by atoms with Crippen LogP contribution in [0.25, 0.3) is 11.5 Å². The molecule has 0 aliphatic rings. The summed E-state index contributed by atoms with van der Waals surface area (Å²) in [7, 11) is 1.62. The number of aryl methyl sites for hydroxylation is 1. The zero-order valence-corrected chi connectivity index (χ0v) is 9.59. The second-order valence-electron chi connectivity index (χ2n) is 3.56. The van der Waals surface area contributed by atoms with E-state index in [-0.39, 0.29) is 6.61 Å². The van der Waals surface area contributed by atoms with Gasteiger partial charge in [0.25, 0.3) is 0 Å². The number of aliphatic hydroxyl groups excluding tert-OH is 1. The van der Waals surface area contributed by atoms with E-state index >= 15 is 0 Å². The maximum atomic E-state index is 8.71. The molecule has 0 aliphatic heterocycles. The van der Waals surface area contributed by atoms with Crippen molar-refractivity contribution in [1.29, 1.82) is 0 Å². The van der Waals surface area contributed by atoms with Crippen LogP contribution < -0.4 is 4.74 Å². The van der Waals surface area contributed by atoms with Gasteiger partial charge >= 0.3 is 0 Å². The van der Waals surface area contributed by atoms with Gasteiger partial charge in [-0.25, -0.2) is 0 Å². The molecule has 0 saturated carbocycles. The number of ether oxygens (including phenoxy) is 1. The molecule has 17 heavy (non-hydrogen) atoms. The van der Waals surface area contributed by atoms with E-state index in [4.69, 9.17) is 14.3 Å². The van der Waals surface area contributed by atoms with Crippen molar-refractivity contribution in [3.63, 3.8) is 0 Å². The van der Waals surface area contributed by atoms with Crippen LogP contribution in [0.15, 0.2) is 28.7 Å². The van der Waals surface area contributed by atoms with Crippen molar-refractivity contribution in [2.45, 2.75) is 12.8 Å². The quantitative estimate of drug-likeness (QED) is 0.852. The molecule has 90 valence electrons. The second-order valence-corrected chi connectivity index (χ2v) is 3.56. The third-order valence-corrected chi connectivity index (χ3v) is 2.35. The lowest BCUT2D eigenvalue weighted by molar-refractivity contribution is 0.283. The molecule has 0 saturated heterocycles. The number of nitrogens with zero attached hydrogens (tertiary/aromatic N) is 2. The molecule has 2 aromatic rings. The number of methoxy groups -OCH3 is 1. The summed E-state index contributed by atoms with van der Waals surface area (Å²) in [5, 5.41) is 16.6. The highest BCUT2D eigenvalue weighted by Gasteiger charge is 2.08. The van der Waals surface area contributed by atoms with Gasteiger partial charge in [0.1, 0.15) is 5.75 Å². The molecule has 0 bridgehead atoms. The van der Waals surface area contributed by atoms with Crippen LogP contribution in [-0.4, -0.2) is 29.0 Å². The minimum absolute atomic E-state index is 0.125. The first kappa shape index (κ1) is 11.6. The zero-order chi connectivity index (χ0) is 12.1. The number of aromatic nitrogens is 2. The molecule has 5 heteroatoms. The Hall–Kier alpha value is -1.88. The highest BCUT2D eigenvalue weighted by molar-refractivity contribution is 5.53. The van der Waals surface area contributed by atoms with Gasteiger partial charge in [0.2, 0.25) is 11.8 Å². The topological polar surface area (TPSA) is 68.4 Å². The molecule has 1 N–H and O–H groups in total. The zero-order valence-electron chi connectivity index (χ0n) is 9.59. The molecule has 0 spiro atoms. The summed E-state index contributed by atoms with van der Waals surface area (Å²) >= 11 is 0. The van der Waals surface area contributed by atoms with Crippen molar-refractivity contribution < 1.29 is 14.3 Å². The van der Waals surface area contributed by atoms with Gasteiger partial charge in [0.05, 0.1) is 7.11 Å². The van der Waals surface area contributed by atoms with Crippen LogP contribution in [0.2, 0.25) is 0 Å². The summed E-state index contributed by atoms with van der Waals surface area (Å²) in [6.07, 6.45) is 1.23. The van der Waals surface area contributed by atoms with Crippen molar-refractivity contribution in [2.24, 2.45) is 0 Å². The number of rotatable bonds is 5. The Morgan fingerprint density at radius 1 is 1.24 bits per heavy atom. The van der Waals surface area contributed by atoms with Crippen LogP contribution in [0.3, 0.4) is 0 Å². The minimum Gasteiger partial charge on any atom is -0.497 e. The van der Waals surface area contributed by atoms with E-state index in [1.165, 1.54) is 0 Å². The van der Waals surface area contributed by atoms with Gasteiger partial charge in [-0.05, 0) is 30.7 Å². The number of aliphatic hydroxyl groups is 1. The number of benzene rings is 1. The van der Waals surface area contributed by atoms with Crippen LogP contribution in [0.1, 0.15) is 12.3 Å². The van der Waals surface area contributed by atoms with Gasteiger partial charge in [0.15, 0.2) is 0 Å². The third-order valence-electron chi connectivity index (χ3n) is 2.35. The molecular weight excluding hydrogens is 220 g/mol. The van der Waals surface area contributed by atoms with Crippen molar-refractivity contribution in [1.82, 2.24) is 10.2 Å². The van der Waals surface area contributed by atoms with E-state index in [1.807, 2.05) is 24.3 Å². The molecule has 0 aliphatic carbocycles. The van der Waals surface area contributed by atoms with Gasteiger partial charge in [0, 0.05) is 18.6 Å². The van der Waals surface area contributed by atoms with Gasteiger partial charge in [-0.1, -0.05) is 0 Å². The molecule has 0 atom stereocenters.